The monoisotopic (exact) mass is 187 g/mol. The van der Waals surface area contributed by atoms with Crippen LogP contribution in [0.1, 0.15) is 27.2 Å². The molecule has 4 heteroatoms. The fourth-order valence-electron chi connectivity index (χ4n) is 1.01. The molecule has 2 atom stereocenters. The first kappa shape index (κ1) is 11.9. The van der Waals surface area contributed by atoms with Gasteiger partial charge in [0.15, 0.2) is 0 Å². The van der Waals surface area contributed by atoms with Crippen molar-refractivity contribution >= 4 is 12.4 Å². The number of carbonyl (C=O) groups excluding carboxylic acids is 2. The number of ether oxygens (including phenoxy) is 1. The Labute approximate surface area is 78.6 Å². The molecule has 0 radical (unpaired) electrons. The minimum absolute atomic E-state index is 0.101. The summed E-state index contributed by atoms with van der Waals surface area (Å²) in [7, 11) is 0. The number of rotatable bonds is 6. The van der Waals surface area contributed by atoms with Crippen molar-refractivity contribution in [2.45, 2.75) is 33.2 Å². The highest BCUT2D eigenvalue weighted by Crippen LogP contribution is 2.08. The van der Waals surface area contributed by atoms with Crippen molar-refractivity contribution in [3.63, 3.8) is 0 Å². The van der Waals surface area contributed by atoms with Gasteiger partial charge in [0.1, 0.15) is 6.04 Å². The van der Waals surface area contributed by atoms with Crippen LogP contribution in [0.4, 0.5) is 0 Å². The molecule has 0 aliphatic heterocycles. The molecule has 0 aliphatic carbocycles. The van der Waals surface area contributed by atoms with Gasteiger partial charge in [-0.15, -0.1) is 0 Å². The summed E-state index contributed by atoms with van der Waals surface area (Å²) in [6, 6.07) is -0.512. The molecule has 13 heavy (non-hydrogen) atoms. The Kier molecular flexibility index (Phi) is 5.93. The number of amides is 1. The zero-order valence-electron chi connectivity index (χ0n) is 8.37. The Morgan fingerprint density at radius 1 is 1.54 bits per heavy atom. The molecule has 0 aromatic carbocycles. The van der Waals surface area contributed by atoms with E-state index < -0.39 is 6.04 Å². The van der Waals surface area contributed by atoms with Crippen molar-refractivity contribution in [1.82, 2.24) is 5.32 Å². The van der Waals surface area contributed by atoms with Crippen LogP contribution in [0.5, 0.6) is 0 Å². The van der Waals surface area contributed by atoms with Crippen LogP contribution in [0.3, 0.4) is 0 Å². The number of hydrogen-bond donors (Lipinski definition) is 1. The predicted molar refractivity (Wildman–Crippen MR) is 49.1 cm³/mol. The zero-order valence-corrected chi connectivity index (χ0v) is 8.37. The molecule has 0 aromatic rings. The van der Waals surface area contributed by atoms with E-state index in [9.17, 15) is 9.59 Å². The summed E-state index contributed by atoms with van der Waals surface area (Å²) < 4.78 is 4.82. The van der Waals surface area contributed by atoms with E-state index in [0.717, 1.165) is 6.42 Å². The third-order valence-electron chi connectivity index (χ3n) is 2.00. The summed E-state index contributed by atoms with van der Waals surface area (Å²) in [5, 5.41) is 2.46. The second-order valence-corrected chi connectivity index (χ2v) is 2.90. The van der Waals surface area contributed by atoms with Crippen LogP contribution in [-0.2, 0) is 14.3 Å². The maximum atomic E-state index is 11.3. The number of carbonyl (C=O) groups is 2. The van der Waals surface area contributed by atoms with Crippen molar-refractivity contribution in [2.75, 3.05) is 6.61 Å². The highest BCUT2D eigenvalue weighted by molar-refractivity contribution is 5.78. The van der Waals surface area contributed by atoms with E-state index in [-0.39, 0.29) is 11.9 Å². The van der Waals surface area contributed by atoms with E-state index in [1.165, 1.54) is 0 Å². The van der Waals surface area contributed by atoms with Crippen LogP contribution < -0.4 is 5.32 Å². The summed E-state index contributed by atoms with van der Waals surface area (Å²) in [6.07, 6.45) is 1.36. The third kappa shape index (κ3) is 3.92. The third-order valence-corrected chi connectivity index (χ3v) is 2.00. The Bertz CT molecular complexity index is 170. The van der Waals surface area contributed by atoms with E-state index >= 15 is 0 Å². The molecule has 0 aliphatic rings. The SMILES string of the molecule is CCOC(=O)[C@@H](NC=O)[C@@H](C)CC. The largest absolute Gasteiger partial charge is 0.464 e. The molecule has 0 saturated carbocycles. The zero-order chi connectivity index (χ0) is 10.3. The van der Waals surface area contributed by atoms with E-state index in [1.807, 2.05) is 13.8 Å². The maximum absolute atomic E-state index is 11.3. The first-order chi connectivity index (χ1) is 6.17. The molecule has 1 amide bonds. The molecule has 0 unspecified atom stereocenters. The van der Waals surface area contributed by atoms with Gasteiger partial charge < -0.3 is 10.1 Å². The molecular formula is C9H17NO3. The summed E-state index contributed by atoms with van der Waals surface area (Å²) in [6.45, 7) is 5.94. The second-order valence-electron chi connectivity index (χ2n) is 2.90. The van der Waals surface area contributed by atoms with Gasteiger partial charge in [-0.05, 0) is 12.8 Å². The van der Waals surface area contributed by atoms with Crippen molar-refractivity contribution in [3.05, 3.63) is 0 Å². The summed E-state index contributed by atoms with van der Waals surface area (Å²) >= 11 is 0. The van der Waals surface area contributed by atoms with Gasteiger partial charge in [-0.25, -0.2) is 4.79 Å². The van der Waals surface area contributed by atoms with Crippen LogP contribution >= 0.6 is 0 Å². The van der Waals surface area contributed by atoms with E-state index in [0.29, 0.717) is 13.0 Å². The lowest BCUT2D eigenvalue weighted by Gasteiger charge is -2.19. The van der Waals surface area contributed by atoms with Crippen molar-refractivity contribution in [2.24, 2.45) is 5.92 Å². The lowest BCUT2D eigenvalue weighted by Crippen LogP contribution is -2.42. The van der Waals surface area contributed by atoms with Crippen molar-refractivity contribution in [3.8, 4) is 0 Å². The van der Waals surface area contributed by atoms with E-state index in [2.05, 4.69) is 5.32 Å². The number of nitrogens with one attached hydrogen (secondary N) is 1. The lowest BCUT2D eigenvalue weighted by atomic mass is 10.00. The van der Waals surface area contributed by atoms with Gasteiger partial charge in [0.2, 0.25) is 6.41 Å². The molecule has 0 bridgehead atoms. The minimum Gasteiger partial charge on any atom is -0.464 e. The van der Waals surface area contributed by atoms with Crippen LogP contribution in [-0.4, -0.2) is 25.0 Å². The smallest absolute Gasteiger partial charge is 0.328 e. The number of hydrogen-bond acceptors (Lipinski definition) is 3. The van der Waals surface area contributed by atoms with Gasteiger partial charge in [0, 0.05) is 0 Å². The van der Waals surface area contributed by atoms with Gasteiger partial charge in [-0.1, -0.05) is 20.3 Å². The van der Waals surface area contributed by atoms with Crippen molar-refractivity contribution in [1.29, 1.82) is 0 Å². The quantitative estimate of drug-likeness (QED) is 0.492. The van der Waals surface area contributed by atoms with E-state index in [1.54, 1.807) is 6.92 Å². The van der Waals surface area contributed by atoms with Gasteiger partial charge in [-0.3, -0.25) is 4.79 Å². The summed E-state index contributed by atoms with van der Waals surface area (Å²) in [5.41, 5.74) is 0. The standard InChI is InChI=1S/C9H17NO3/c1-4-7(3)8(10-6-11)9(12)13-5-2/h6-8H,4-5H2,1-3H3,(H,10,11)/t7-,8-/m0/s1. The lowest BCUT2D eigenvalue weighted by molar-refractivity contribution is -0.148. The molecule has 0 heterocycles. The van der Waals surface area contributed by atoms with Crippen LogP contribution in [0.2, 0.25) is 0 Å². The first-order valence-corrected chi connectivity index (χ1v) is 4.53. The Morgan fingerprint density at radius 2 is 2.15 bits per heavy atom. The molecular weight excluding hydrogens is 170 g/mol. The minimum atomic E-state index is -0.512. The number of esters is 1. The normalized spacial score (nSPS) is 14.4. The van der Waals surface area contributed by atoms with Crippen LogP contribution in [0, 0.1) is 5.92 Å². The molecule has 1 N–H and O–H groups in total. The van der Waals surface area contributed by atoms with Crippen molar-refractivity contribution < 1.29 is 14.3 Å². The molecule has 76 valence electrons. The van der Waals surface area contributed by atoms with Gasteiger partial charge in [0.25, 0.3) is 0 Å². The first-order valence-electron chi connectivity index (χ1n) is 4.53. The predicted octanol–water partition coefficient (Wildman–Crippen LogP) is 0.710. The molecule has 0 aromatic heterocycles. The van der Waals surface area contributed by atoms with Crippen LogP contribution in [0.25, 0.3) is 0 Å². The fourth-order valence-corrected chi connectivity index (χ4v) is 1.01. The second kappa shape index (κ2) is 6.46. The highest BCUT2D eigenvalue weighted by Gasteiger charge is 2.24. The molecule has 0 rings (SSSR count). The van der Waals surface area contributed by atoms with Gasteiger partial charge in [0.05, 0.1) is 6.61 Å². The average molecular weight is 187 g/mol. The highest BCUT2D eigenvalue weighted by atomic mass is 16.5. The van der Waals surface area contributed by atoms with Gasteiger partial charge in [-0.2, -0.15) is 0 Å². The maximum Gasteiger partial charge on any atom is 0.328 e. The summed E-state index contributed by atoms with van der Waals surface area (Å²) in [5.74, 6) is -0.256. The van der Waals surface area contributed by atoms with E-state index in [4.69, 9.17) is 4.74 Å². The topological polar surface area (TPSA) is 55.4 Å². The molecule has 0 saturated heterocycles. The summed E-state index contributed by atoms with van der Waals surface area (Å²) in [4.78, 5) is 21.5. The van der Waals surface area contributed by atoms with Crippen LogP contribution in [0.15, 0.2) is 0 Å². The Balaban J connectivity index is 4.21. The average Bonchev–Trinajstić information content (AvgIpc) is 2.13. The fraction of sp³-hybridized carbons (Fsp3) is 0.778. The molecule has 0 spiro atoms. The van der Waals surface area contributed by atoms with Gasteiger partial charge >= 0.3 is 5.97 Å². The molecule has 0 fully saturated rings. The Morgan fingerprint density at radius 3 is 2.54 bits per heavy atom. The Hall–Kier alpha value is -1.06. The molecule has 4 nitrogen and oxygen atoms in total.